The fourth-order valence-electron chi connectivity index (χ4n) is 3.45. The van der Waals surface area contributed by atoms with Crippen molar-refractivity contribution in [3.05, 3.63) is 76.3 Å². The first kappa shape index (κ1) is 19.1. The summed E-state index contributed by atoms with van der Waals surface area (Å²) in [6, 6.07) is 15.0. The molecule has 0 saturated heterocycles. The van der Waals surface area contributed by atoms with Crippen LogP contribution in [-0.2, 0) is 11.2 Å². The van der Waals surface area contributed by atoms with Crippen LogP contribution in [0.1, 0.15) is 35.0 Å². The number of aryl methyl sites for hydroxylation is 1. The van der Waals surface area contributed by atoms with E-state index in [0.29, 0.717) is 22.8 Å². The Labute approximate surface area is 173 Å². The van der Waals surface area contributed by atoms with Crippen molar-refractivity contribution < 1.29 is 14.3 Å². The number of carbonyl (C=O) groups excluding carboxylic acids is 2. The molecule has 1 aliphatic rings. The van der Waals surface area contributed by atoms with Crippen molar-refractivity contribution in [2.45, 2.75) is 19.8 Å². The summed E-state index contributed by atoms with van der Waals surface area (Å²) in [7, 11) is 1.62. The van der Waals surface area contributed by atoms with Crippen LogP contribution < -0.4 is 9.64 Å². The second-order valence-corrected chi connectivity index (χ2v) is 7.60. The molecule has 1 aliphatic carbocycles. The Balaban J connectivity index is 1.62. The monoisotopic (exact) mass is 404 g/mol. The Morgan fingerprint density at radius 3 is 2.69 bits per heavy atom. The summed E-state index contributed by atoms with van der Waals surface area (Å²) in [6.07, 6.45) is 3.27. The van der Waals surface area contributed by atoms with Gasteiger partial charge in [-0.2, -0.15) is 0 Å². The fraction of sp³-hybridized carbons (Fsp3) is 0.174. The van der Waals surface area contributed by atoms with E-state index in [-0.39, 0.29) is 11.7 Å². The lowest BCUT2D eigenvalue weighted by Gasteiger charge is -2.18. The number of ether oxygens (including phenoxy) is 1. The highest BCUT2D eigenvalue weighted by molar-refractivity contribution is 7.14. The van der Waals surface area contributed by atoms with Gasteiger partial charge in [0.15, 0.2) is 10.9 Å². The number of thiazole rings is 1. The Hall–Kier alpha value is -3.25. The van der Waals surface area contributed by atoms with E-state index < -0.39 is 0 Å². The van der Waals surface area contributed by atoms with Crippen LogP contribution in [0.3, 0.4) is 0 Å². The fourth-order valence-corrected chi connectivity index (χ4v) is 4.29. The van der Waals surface area contributed by atoms with Gasteiger partial charge in [-0.25, -0.2) is 4.98 Å². The minimum atomic E-state index is -0.110. The molecule has 0 atom stereocenters. The predicted octanol–water partition coefficient (Wildman–Crippen LogP) is 5.05. The van der Waals surface area contributed by atoms with Crippen molar-refractivity contribution in [1.29, 1.82) is 0 Å². The predicted molar refractivity (Wildman–Crippen MR) is 115 cm³/mol. The van der Waals surface area contributed by atoms with E-state index in [1.165, 1.54) is 18.3 Å². The van der Waals surface area contributed by atoms with E-state index in [2.05, 4.69) is 4.98 Å². The number of methoxy groups -OCH3 is 1. The molecule has 3 aromatic rings. The second-order valence-electron chi connectivity index (χ2n) is 6.77. The van der Waals surface area contributed by atoms with Crippen LogP contribution in [0, 0.1) is 0 Å². The lowest BCUT2D eigenvalue weighted by Crippen LogP contribution is -2.22. The maximum atomic E-state index is 12.9. The quantitative estimate of drug-likeness (QED) is 0.571. The molecule has 0 bridgehead atoms. The lowest BCUT2D eigenvalue weighted by atomic mass is 9.86. The van der Waals surface area contributed by atoms with Crippen LogP contribution in [0.5, 0.6) is 5.75 Å². The number of anilines is 2. The third kappa shape index (κ3) is 3.84. The maximum Gasteiger partial charge on any atom is 0.230 e. The molecule has 0 unspecified atom stereocenters. The molecule has 0 aliphatic heterocycles. The number of carbonyl (C=O) groups is 2. The number of benzene rings is 2. The molecule has 1 heterocycles. The molecule has 0 spiro atoms. The van der Waals surface area contributed by atoms with Gasteiger partial charge in [-0.1, -0.05) is 18.2 Å². The average molecular weight is 404 g/mol. The zero-order valence-corrected chi connectivity index (χ0v) is 17.0. The van der Waals surface area contributed by atoms with Gasteiger partial charge in [0.2, 0.25) is 5.91 Å². The minimum absolute atomic E-state index is 0.0231. The molecule has 6 heteroatoms. The third-order valence-electron chi connectivity index (χ3n) is 4.86. The molecule has 0 N–H and O–H groups in total. The van der Waals surface area contributed by atoms with Crippen molar-refractivity contribution in [3.8, 4) is 5.75 Å². The zero-order valence-electron chi connectivity index (χ0n) is 16.2. The summed E-state index contributed by atoms with van der Waals surface area (Å²) >= 11 is 1.38. The Morgan fingerprint density at radius 2 is 1.97 bits per heavy atom. The summed E-state index contributed by atoms with van der Waals surface area (Å²) < 4.78 is 5.25. The van der Waals surface area contributed by atoms with E-state index in [9.17, 15) is 9.59 Å². The molecular formula is C23H20N2O3S. The molecule has 4 rings (SSSR count). The number of allylic oxidation sites excluding steroid dienone is 1. The van der Waals surface area contributed by atoms with E-state index in [1.54, 1.807) is 12.0 Å². The van der Waals surface area contributed by atoms with Crippen molar-refractivity contribution >= 4 is 39.9 Å². The van der Waals surface area contributed by atoms with E-state index in [4.69, 9.17) is 4.74 Å². The van der Waals surface area contributed by atoms with Gasteiger partial charge in [0.05, 0.1) is 18.5 Å². The van der Waals surface area contributed by atoms with Gasteiger partial charge in [0, 0.05) is 23.4 Å². The average Bonchev–Trinajstić information content (AvgIpc) is 3.18. The Kier molecular flexibility index (Phi) is 5.27. The summed E-state index contributed by atoms with van der Waals surface area (Å²) in [5, 5.41) is 2.46. The number of fused-ring (bicyclic) bond motifs is 1. The number of amides is 1. The van der Waals surface area contributed by atoms with Crippen LogP contribution in [0.25, 0.3) is 6.08 Å². The molecule has 1 aromatic heterocycles. The van der Waals surface area contributed by atoms with Crippen LogP contribution in [0.4, 0.5) is 10.8 Å². The molecule has 29 heavy (non-hydrogen) atoms. The number of Topliss-reactive ketones (excluding diaryl/α,β-unsaturated/α-hetero) is 1. The van der Waals surface area contributed by atoms with E-state index in [0.717, 1.165) is 29.0 Å². The Bertz CT molecular complexity index is 1100. The van der Waals surface area contributed by atoms with Crippen molar-refractivity contribution in [1.82, 2.24) is 4.98 Å². The highest BCUT2D eigenvalue weighted by Gasteiger charge is 2.23. The van der Waals surface area contributed by atoms with Crippen molar-refractivity contribution in [2.75, 3.05) is 12.0 Å². The second kappa shape index (κ2) is 8.01. The van der Waals surface area contributed by atoms with Gasteiger partial charge in [-0.3, -0.25) is 14.5 Å². The topological polar surface area (TPSA) is 59.5 Å². The normalized spacial score (nSPS) is 14.6. The summed E-state index contributed by atoms with van der Waals surface area (Å²) in [4.78, 5) is 31.3. The van der Waals surface area contributed by atoms with Crippen LogP contribution in [0.15, 0.2) is 59.5 Å². The SMILES string of the molecule is COc1ccc2c(c1)CC/C(=C\c1csc(N(C(C)=O)c3ccccc3)n1)C2=O. The first-order valence-corrected chi connectivity index (χ1v) is 10.2. The number of nitrogens with zero attached hydrogens (tertiary/aromatic N) is 2. The van der Waals surface area contributed by atoms with Crippen LogP contribution >= 0.6 is 11.3 Å². The first-order valence-electron chi connectivity index (χ1n) is 9.30. The number of para-hydroxylation sites is 1. The van der Waals surface area contributed by atoms with Crippen LogP contribution in [0.2, 0.25) is 0 Å². The highest BCUT2D eigenvalue weighted by atomic mass is 32.1. The van der Waals surface area contributed by atoms with Gasteiger partial charge in [0.1, 0.15) is 5.75 Å². The minimum Gasteiger partial charge on any atom is -0.497 e. The number of rotatable bonds is 4. The van der Waals surface area contributed by atoms with Gasteiger partial charge in [-0.15, -0.1) is 11.3 Å². The maximum absolute atomic E-state index is 12.9. The lowest BCUT2D eigenvalue weighted by molar-refractivity contribution is -0.115. The molecule has 0 saturated carbocycles. The highest BCUT2D eigenvalue weighted by Crippen LogP contribution is 2.32. The van der Waals surface area contributed by atoms with Gasteiger partial charge in [0.25, 0.3) is 0 Å². The number of aromatic nitrogens is 1. The molecule has 146 valence electrons. The van der Waals surface area contributed by atoms with E-state index >= 15 is 0 Å². The zero-order chi connectivity index (χ0) is 20.4. The van der Waals surface area contributed by atoms with Crippen LogP contribution in [-0.4, -0.2) is 23.8 Å². The summed E-state index contributed by atoms with van der Waals surface area (Å²) in [6.45, 7) is 1.52. The van der Waals surface area contributed by atoms with Gasteiger partial charge in [-0.05, 0) is 54.8 Å². The van der Waals surface area contributed by atoms with Crippen molar-refractivity contribution in [2.24, 2.45) is 0 Å². The molecule has 0 radical (unpaired) electrons. The molecular weight excluding hydrogens is 384 g/mol. The number of ketones is 1. The first-order chi connectivity index (χ1) is 14.1. The van der Waals surface area contributed by atoms with Crippen molar-refractivity contribution in [3.63, 3.8) is 0 Å². The third-order valence-corrected chi connectivity index (χ3v) is 5.71. The summed E-state index contributed by atoms with van der Waals surface area (Å²) in [5.74, 6) is 0.676. The molecule has 5 nitrogen and oxygen atoms in total. The summed E-state index contributed by atoms with van der Waals surface area (Å²) in [5.41, 5.74) is 3.91. The smallest absolute Gasteiger partial charge is 0.230 e. The van der Waals surface area contributed by atoms with Gasteiger partial charge < -0.3 is 4.74 Å². The van der Waals surface area contributed by atoms with E-state index in [1.807, 2.05) is 60.0 Å². The van der Waals surface area contributed by atoms with Gasteiger partial charge >= 0.3 is 0 Å². The Morgan fingerprint density at radius 1 is 1.17 bits per heavy atom. The molecule has 0 fully saturated rings. The largest absolute Gasteiger partial charge is 0.497 e. The number of hydrogen-bond acceptors (Lipinski definition) is 5. The molecule has 1 amide bonds. The number of hydrogen-bond donors (Lipinski definition) is 0. The standard InChI is InChI=1S/C23H20N2O3S/c1-15(26)25(19-6-4-3-5-7-19)23-24-18(14-29-23)12-17-9-8-16-13-20(28-2)10-11-21(16)22(17)27/h3-7,10-14H,8-9H2,1-2H3/b17-12+. The molecule has 2 aromatic carbocycles.